The number of rotatable bonds is 2. The van der Waals surface area contributed by atoms with E-state index in [-0.39, 0.29) is 0 Å². The van der Waals surface area contributed by atoms with Crippen molar-refractivity contribution >= 4 is 64.6 Å². The van der Waals surface area contributed by atoms with Crippen LogP contribution in [0.25, 0.3) is 86.9 Å². The van der Waals surface area contributed by atoms with Gasteiger partial charge in [0.25, 0.3) is 0 Å². The minimum absolute atomic E-state index is 1.24. The lowest BCUT2D eigenvalue weighted by Crippen LogP contribution is -1.91. The molecular formula is C42H26. The second-order valence-electron chi connectivity index (χ2n) is 11.2. The molecule has 9 rings (SSSR count). The predicted molar refractivity (Wildman–Crippen MR) is 182 cm³/mol. The van der Waals surface area contributed by atoms with Crippen molar-refractivity contribution in [1.82, 2.24) is 0 Å². The lowest BCUT2D eigenvalue weighted by molar-refractivity contribution is 1.63. The summed E-state index contributed by atoms with van der Waals surface area (Å²) in [6.07, 6.45) is 0. The molecule has 0 amide bonds. The molecule has 0 spiro atoms. The average Bonchev–Trinajstić information content (AvgIpc) is 3.07. The van der Waals surface area contributed by atoms with Gasteiger partial charge in [-0.25, -0.2) is 0 Å². The fraction of sp³-hybridized carbons (Fsp3) is 0. The Morgan fingerprint density at radius 2 is 0.738 bits per heavy atom. The number of benzene rings is 9. The summed E-state index contributed by atoms with van der Waals surface area (Å²) in [6.45, 7) is 0. The third-order valence-electron chi connectivity index (χ3n) is 9.01. The fourth-order valence-electron chi connectivity index (χ4n) is 7.22. The Kier molecular flexibility index (Phi) is 5.00. The van der Waals surface area contributed by atoms with Gasteiger partial charge in [-0.05, 0) is 93.0 Å². The van der Waals surface area contributed by atoms with Crippen LogP contribution in [0, 0.1) is 0 Å². The van der Waals surface area contributed by atoms with E-state index in [2.05, 4.69) is 158 Å². The number of hydrogen-bond donors (Lipinski definition) is 0. The van der Waals surface area contributed by atoms with Gasteiger partial charge in [-0.15, -0.1) is 0 Å². The summed E-state index contributed by atoms with van der Waals surface area (Å²) >= 11 is 0. The zero-order valence-corrected chi connectivity index (χ0v) is 23.0. The Labute approximate surface area is 244 Å². The normalized spacial score (nSPS) is 11.8. The molecule has 0 aliphatic carbocycles. The van der Waals surface area contributed by atoms with Crippen LogP contribution in [0.15, 0.2) is 158 Å². The van der Waals surface area contributed by atoms with Crippen molar-refractivity contribution in [2.45, 2.75) is 0 Å². The summed E-state index contributed by atoms with van der Waals surface area (Å²) in [7, 11) is 0. The van der Waals surface area contributed by atoms with Crippen LogP contribution in [0.3, 0.4) is 0 Å². The molecule has 9 aromatic carbocycles. The Morgan fingerprint density at radius 1 is 0.262 bits per heavy atom. The Bertz CT molecular complexity index is 2500. The minimum atomic E-state index is 1.24. The molecule has 0 bridgehead atoms. The SMILES string of the molecule is c1ccc(-c2c(-c3ccc4c(c3)c3ccccc3c3c5ccccc5c5ccccc5c43)ccc3ccccc23)cc1. The molecule has 9 aromatic rings. The molecule has 0 aromatic heterocycles. The first-order valence-corrected chi connectivity index (χ1v) is 14.6. The van der Waals surface area contributed by atoms with Crippen molar-refractivity contribution in [3.8, 4) is 22.3 Å². The van der Waals surface area contributed by atoms with Gasteiger partial charge < -0.3 is 0 Å². The molecule has 42 heavy (non-hydrogen) atoms. The molecule has 0 N–H and O–H groups in total. The summed E-state index contributed by atoms with van der Waals surface area (Å²) in [5, 5.41) is 15.7. The first kappa shape index (κ1) is 23.3. The van der Waals surface area contributed by atoms with Crippen molar-refractivity contribution in [2.24, 2.45) is 0 Å². The van der Waals surface area contributed by atoms with Gasteiger partial charge >= 0.3 is 0 Å². The highest BCUT2D eigenvalue weighted by Crippen LogP contribution is 2.45. The van der Waals surface area contributed by atoms with E-state index >= 15 is 0 Å². The van der Waals surface area contributed by atoms with Crippen LogP contribution in [-0.4, -0.2) is 0 Å². The monoisotopic (exact) mass is 530 g/mol. The van der Waals surface area contributed by atoms with E-state index in [4.69, 9.17) is 0 Å². The Hall–Kier alpha value is -5.46. The van der Waals surface area contributed by atoms with Crippen molar-refractivity contribution < 1.29 is 0 Å². The second-order valence-corrected chi connectivity index (χ2v) is 11.2. The molecule has 0 saturated carbocycles. The first-order chi connectivity index (χ1) is 20.9. The smallest absolute Gasteiger partial charge is 0.00139 e. The molecule has 0 aliphatic rings. The van der Waals surface area contributed by atoms with Crippen molar-refractivity contribution in [3.05, 3.63) is 158 Å². The molecular weight excluding hydrogens is 504 g/mol. The van der Waals surface area contributed by atoms with Gasteiger partial charge in [-0.2, -0.15) is 0 Å². The van der Waals surface area contributed by atoms with Gasteiger partial charge in [0.05, 0.1) is 0 Å². The lowest BCUT2D eigenvalue weighted by atomic mass is 9.85. The summed E-state index contributed by atoms with van der Waals surface area (Å²) in [4.78, 5) is 0. The van der Waals surface area contributed by atoms with Crippen LogP contribution in [0.2, 0.25) is 0 Å². The Balaban J connectivity index is 1.45. The molecule has 0 heteroatoms. The van der Waals surface area contributed by atoms with Gasteiger partial charge in [0, 0.05) is 0 Å². The Morgan fingerprint density at radius 3 is 1.36 bits per heavy atom. The van der Waals surface area contributed by atoms with Gasteiger partial charge in [0.1, 0.15) is 0 Å². The van der Waals surface area contributed by atoms with Crippen LogP contribution in [-0.2, 0) is 0 Å². The highest BCUT2D eigenvalue weighted by molar-refractivity contribution is 6.39. The van der Waals surface area contributed by atoms with E-state index in [1.54, 1.807) is 0 Å². The van der Waals surface area contributed by atoms with Crippen LogP contribution >= 0.6 is 0 Å². The summed E-state index contributed by atoms with van der Waals surface area (Å²) in [6, 6.07) is 58.0. The van der Waals surface area contributed by atoms with Gasteiger partial charge in [-0.1, -0.05) is 152 Å². The predicted octanol–water partition coefficient (Wildman–Crippen LogP) is 11.9. The molecule has 0 nitrogen and oxygen atoms in total. The molecule has 194 valence electrons. The third-order valence-corrected chi connectivity index (χ3v) is 9.01. The zero-order valence-electron chi connectivity index (χ0n) is 23.0. The van der Waals surface area contributed by atoms with Crippen molar-refractivity contribution in [2.75, 3.05) is 0 Å². The van der Waals surface area contributed by atoms with E-state index in [0.717, 1.165) is 0 Å². The van der Waals surface area contributed by atoms with E-state index < -0.39 is 0 Å². The van der Waals surface area contributed by atoms with Crippen LogP contribution in [0.5, 0.6) is 0 Å². The topological polar surface area (TPSA) is 0 Å². The number of fused-ring (bicyclic) bond motifs is 12. The summed E-state index contributed by atoms with van der Waals surface area (Å²) < 4.78 is 0. The van der Waals surface area contributed by atoms with Gasteiger partial charge in [0.2, 0.25) is 0 Å². The maximum Gasteiger partial charge on any atom is -0.00139 e. The molecule has 0 atom stereocenters. The van der Waals surface area contributed by atoms with Crippen LogP contribution in [0.4, 0.5) is 0 Å². The molecule has 0 saturated heterocycles. The zero-order chi connectivity index (χ0) is 27.6. The van der Waals surface area contributed by atoms with Crippen LogP contribution in [0.1, 0.15) is 0 Å². The minimum Gasteiger partial charge on any atom is -0.0622 e. The molecule has 0 fully saturated rings. The summed E-state index contributed by atoms with van der Waals surface area (Å²) in [5.41, 5.74) is 5.02. The highest BCUT2D eigenvalue weighted by atomic mass is 14.2. The van der Waals surface area contributed by atoms with Crippen molar-refractivity contribution in [3.63, 3.8) is 0 Å². The van der Waals surface area contributed by atoms with Gasteiger partial charge in [-0.3, -0.25) is 0 Å². The van der Waals surface area contributed by atoms with Crippen molar-refractivity contribution in [1.29, 1.82) is 0 Å². The standard InChI is InChI=1S/C42H26/c1-2-13-28(14-3-1)40-30-15-5-4-12-27(30)22-24-31(40)29-23-25-38-39(26-29)34-18-8-11-21-37(34)41-35-19-9-6-16-32(35)33-17-7-10-20-36(33)42(38)41/h1-26H. The largest absolute Gasteiger partial charge is 0.0622 e. The lowest BCUT2D eigenvalue weighted by Gasteiger charge is -2.18. The first-order valence-electron chi connectivity index (χ1n) is 14.6. The highest BCUT2D eigenvalue weighted by Gasteiger charge is 2.17. The molecule has 0 aliphatic heterocycles. The van der Waals surface area contributed by atoms with E-state index in [9.17, 15) is 0 Å². The van der Waals surface area contributed by atoms with E-state index in [0.29, 0.717) is 0 Å². The van der Waals surface area contributed by atoms with E-state index in [1.807, 2.05) is 0 Å². The molecule has 0 radical (unpaired) electrons. The second kappa shape index (κ2) is 9.03. The van der Waals surface area contributed by atoms with Crippen LogP contribution < -0.4 is 0 Å². The maximum absolute atomic E-state index is 2.43. The third kappa shape index (κ3) is 3.30. The maximum atomic E-state index is 2.43. The summed E-state index contributed by atoms with van der Waals surface area (Å²) in [5.74, 6) is 0. The molecule has 0 heterocycles. The van der Waals surface area contributed by atoms with E-state index in [1.165, 1.54) is 86.9 Å². The average molecular weight is 531 g/mol. The molecule has 0 unspecified atom stereocenters. The fourth-order valence-corrected chi connectivity index (χ4v) is 7.22. The van der Waals surface area contributed by atoms with Gasteiger partial charge in [0.15, 0.2) is 0 Å². The quantitative estimate of drug-likeness (QED) is 0.195. The number of hydrogen-bond acceptors (Lipinski definition) is 0.